The number of nitrogens with zero attached hydrogens (tertiary/aromatic N) is 1. The molecular weight excluding hydrogens is 291 g/mol. The van der Waals surface area contributed by atoms with Crippen molar-refractivity contribution >= 4 is 46.6 Å². The number of carbonyl (C=O) groups excluding carboxylic acids is 1. The van der Waals surface area contributed by atoms with Crippen molar-refractivity contribution in [2.45, 2.75) is 12.5 Å². The number of carbonyl (C=O) groups is 1. The number of benzene rings is 1. The SMILES string of the molecule is CN(C(=O)c1cc(Cl)c(N)c(Cl)c1)C1CCSC1. The number of thioether (sulfide) groups is 1. The van der Waals surface area contributed by atoms with Gasteiger partial charge in [-0.3, -0.25) is 4.79 Å². The minimum atomic E-state index is -0.0636. The lowest BCUT2D eigenvalue weighted by Crippen LogP contribution is -2.37. The summed E-state index contributed by atoms with van der Waals surface area (Å²) in [6.45, 7) is 0. The number of nitrogens with two attached hydrogens (primary N) is 1. The molecule has 2 rings (SSSR count). The maximum Gasteiger partial charge on any atom is 0.253 e. The number of anilines is 1. The molecule has 0 bridgehead atoms. The van der Waals surface area contributed by atoms with Crippen LogP contribution in [-0.2, 0) is 0 Å². The molecule has 0 radical (unpaired) electrons. The summed E-state index contributed by atoms with van der Waals surface area (Å²) in [6.07, 6.45) is 1.03. The van der Waals surface area contributed by atoms with Gasteiger partial charge in [0, 0.05) is 24.4 Å². The van der Waals surface area contributed by atoms with Gasteiger partial charge in [0.05, 0.1) is 15.7 Å². The Labute approximate surface area is 121 Å². The van der Waals surface area contributed by atoms with E-state index in [0.717, 1.165) is 17.9 Å². The molecule has 6 heteroatoms. The topological polar surface area (TPSA) is 46.3 Å². The molecule has 1 aromatic carbocycles. The van der Waals surface area contributed by atoms with Crippen LogP contribution < -0.4 is 5.73 Å². The van der Waals surface area contributed by atoms with E-state index in [9.17, 15) is 4.79 Å². The van der Waals surface area contributed by atoms with E-state index < -0.39 is 0 Å². The van der Waals surface area contributed by atoms with Crippen LogP contribution in [0.5, 0.6) is 0 Å². The Balaban J connectivity index is 2.22. The largest absolute Gasteiger partial charge is 0.396 e. The van der Waals surface area contributed by atoms with Crippen molar-refractivity contribution in [1.29, 1.82) is 0 Å². The third-order valence-corrected chi connectivity index (χ3v) is 4.87. The summed E-state index contributed by atoms with van der Waals surface area (Å²) < 4.78 is 0. The fourth-order valence-corrected chi connectivity index (χ4v) is 3.66. The van der Waals surface area contributed by atoms with E-state index >= 15 is 0 Å². The third-order valence-electron chi connectivity index (χ3n) is 3.10. The lowest BCUT2D eigenvalue weighted by atomic mass is 10.1. The van der Waals surface area contributed by atoms with E-state index in [2.05, 4.69) is 0 Å². The van der Waals surface area contributed by atoms with Gasteiger partial charge < -0.3 is 10.6 Å². The molecule has 0 aromatic heterocycles. The van der Waals surface area contributed by atoms with Gasteiger partial charge in [-0.2, -0.15) is 11.8 Å². The van der Waals surface area contributed by atoms with Crippen LogP contribution in [0.15, 0.2) is 12.1 Å². The zero-order valence-electron chi connectivity index (χ0n) is 9.95. The van der Waals surface area contributed by atoms with E-state index in [0.29, 0.717) is 21.3 Å². The molecule has 0 saturated carbocycles. The van der Waals surface area contributed by atoms with Crippen molar-refractivity contribution in [1.82, 2.24) is 4.90 Å². The first kappa shape index (κ1) is 13.8. The summed E-state index contributed by atoms with van der Waals surface area (Å²) in [5.74, 6) is 2.02. The lowest BCUT2D eigenvalue weighted by Gasteiger charge is -2.24. The molecule has 1 atom stereocenters. The standard InChI is InChI=1S/C12H14Cl2N2OS/c1-16(8-2-3-18-6-8)12(17)7-4-9(13)11(15)10(14)5-7/h4-5,8H,2-3,6,15H2,1H3. The maximum atomic E-state index is 12.3. The molecule has 3 nitrogen and oxygen atoms in total. The van der Waals surface area contributed by atoms with Crippen molar-refractivity contribution in [3.8, 4) is 0 Å². The highest BCUT2D eigenvalue weighted by atomic mass is 35.5. The summed E-state index contributed by atoms with van der Waals surface area (Å²) in [6, 6.07) is 3.44. The Morgan fingerprint density at radius 2 is 2.06 bits per heavy atom. The molecule has 1 fully saturated rings. The minimum Gasteiger partial charge on any atom is -0.396 e. The first-order valence-electron chi connectivity index (χ1n) is 5.60. The minimum absolute atomic E-state index is 0.0636. The Kier molecular flexibility index (Phi) is 4.30. The zero-order chi connectivity index (χ0) is 13.3. The van der Waals surface area contributed by atoms with Gasteiger partial charge in [0.15, 0.2) is 0 Å². The van der Waals surface area contributed by atoms with Gasteiger partial charge in [0.25, 0.3) is 5.91 Å². The van der Waals surface area contributed by atoms with Crippen molar-refractivity contribution < 1.29 is 4.79 Å². The summed E-state index contributed by atoms with van der Waals surface area (Å²) >= 11 is 13.8. The van der Waals surface area contributed by atoms with Gasteiger partial charge in [-0.05, 0) is 24.3 Å². The quantitative estimate of drug-likeness (QED) is 0.854. The van der Waals surface area contributed by atoms with Crippen LogP contribution in [-0.4, -0.2) is 35.4 Å². The number of amides is 1. The smallest absolute Gasteiger partial charge is 0.253 e. The molecule has 1 aromatic rings. The second-order valence-corrected chi connectivity index (χ2v) is 6.25. The van der Waals surface area contributed by atoms with Gasteiger partial charge in [-0.1, -0.05) is 23.2 Å². The molecule has 1 unspecified atom stereocenters. The molecular formula is C12H14Cl2N2OS. The van der Waals surface area contributed by atoms with Crippen molar-refractivity contribution in [2.24, 2.45) is 0 Å². The summed E-state index contributed by atoms with van der Waals surface area (Å²) in [7, 11) is 1.82. The van der Waals surface area contributed by atoms with Gasteiger partial charge in [-0.25, -0.2) is 0 Å². The second-order valence-electron chi connectivity index (χ2n) is 4.29. The lowest BCUT2D eigenvalue weighted by molar-refractivity contribution is 0.0748. The van der Waals surface area contributed by atoms with Gasteiger partial charge >= 0.3 is 0 Å². The molecule has 1 aliphatic heterocycles. The summed E-state index contributed by atoms with van der Waals surface area (Å²) in [5.41, 5.74) is 6.46. The first-order chi connectivity index (χ1) is 8.50. The molecule has 0 aliphatic carbocycles. The van der Waals surface area contributed by atoms with E-state index in [1.54, 1.807) is 17.0 Å². The maximum absolute atomic E-state index is 12.3. The average molecular weight is 305 g/mol. The highest BCUT2D eigenvalue weighted by Crippen LogP contribution is 2.30. The first-order valence-corrected chi connectivity index (χ1v) is 7.51. The average Bonchev–Trinajstić information content (AvgIpc) is 2.87. The second kappa shape index (κ2) is 5.59. The van der Waals surface area contributed by atoms with E-state index in [1.807, 2.05) is 18.8 Å². The highest BCUT2D eigenvalue weighted by molar-refractivity contribution is 7.99. The Bertz CT molecular complexity index is 452. The molecule has 1 heterocycles. The van der Waals surface area contributed by atoms with Crippen LogP contribution in [0.25, 0.3) is 0 Å². The van der Waals surface area contributed by atoms with Crippen molar-refractivity contribution in [3.05, 3.63) is 27.7 Å². The molecule has 2 N–H and O–H groups in total. The van der Waals surface area contributed by atoms with E-state index in [1.165, 1.54) is 0 Å². The predicted octanol–water partition coefficient (Wildman–Crippen LogP) is 3.15. The van der Waals surface area contributed by atoms with Gasteiger partial charge in [0.2, 0.25) is 0 Å². The number of hydrogen-bond acceptors (Lipinski definition) is 3. The third kappa shape index (κ3) is 2.71. The fourth-order valence-electron chi connectivity index (χ4n) is 1.90. The van der Waals surface area contributed by atoms with Crippen LogP contribution in [0.1, 0.15) is 16.8 Å². The number of rotatable bonds is 2. The normalized spacial score (nSPS) is 18.9. The molecule has 1 saturated heterocycles. The fraction of sp³-hybridized carbons (Fsp3) is 0.417. The van der Waals surface area contributed by atoms with Gasteiger partial charge in [0.1, 0.15) is 0 Å². The number of hydrogen-bond donors (Lipinski definition) is 1. The Morgan fingerprint density at radius 3 is 2.56 bits per heavy atom. The van der Waals surface area contributed by atoms with Crippen LogP contribution >= 0.6 is 35.0 Å². The number of halogens is 2. The number of nitrogen functional groups attached to an aromatic ring is 1. The van der Waals surface area contributed by atoms with Crippen LogP contribution in [0.4, 0.5) is 5.69 Å². The van der Waals surface area contributed by atoms with Crippen molar-refractivity contribution in [3.63, 3.8) is 0 Å². The molecule has 1 aliphatic rings. The van der Waals surface area contributed by atoms with Crippen LogP contribution in [0.3, 0.4) is 0 Å². The Morgan fingerprint density at radius 1 is 1.44 bits per heavy atom. The molecule has 18 heavy (non-hydrogen) atoms. The molecule has 0 spiro atoms. The van der Waals surface area contributed by atoms with Crippen LogP contribution in [0, 0.1) is 0 Å². The van der Waals surface area contributed by atoms with Crippen molar-refractivity contribution in [2.75, 3.05) is 24.3 Å². The van der Waals surface area contributed by atoms with E-state index in [4.69, 9.17) is 28.9 Å². The molecule has 98 valence electrons. The predicted molar refractivity (Wildman–Crippen MR) is 78.7 cm³/mol. The zero-order valence-corrected chi connectivity index (χ0v) is 12.3. The summed E-state index contributed by atoms with van der Waals surface area (Å²) in [4.78, 5) is 14.1. The Hall–Kier alpha value is -0.580. The highest BCUT2D eigenvalue weighted by Gasteiger charge is 2.25. The summed E-state index contributed by atoms with van der Waals surface area (Å²) in [5, 5.41) is 0.639. The molecule has 1 amide bonds. The van der Waals surface area contributed by atoms with Crippen LogP contribution in [0.2, 0.25) is 10.0 Å². The monoisotopic (exact) mass is 304 g/mol. The van der Waals surface area contributed by atoms with Gasteiger partial charge in [-0.15, -0.1) is 0 Å². The van der Waals surface area contributed by atoms with E-state index in [-0.39, 0.29) is 11.9 Å².